The lowest BCUT2D eigenvalue weighted by atomic mass is 10.1. The predicted octanol–water partition coefficient (Wildman–Crippen LogP) is 10.3. The maximum absolute atomic E-state index is 11.8. The van der Waals surface area contributed by atoms with E-state index in [1.54, 1.807) is 60.7 Å². The molecule has 0 atom stereocenters. The molecule has 15 rings (SSSR count). The molecule has 0 radical (unpaired) electrons. The van der Waals surface area contributed by atoms with Gasteiger partial charge in [0.25, 0.3) is 39.7 Å². The third-order valence-corrected chi connectivity index (χ3v) is 20.7. The second kappa shape index (κ2) is 37.5. The number of alkyl halides is 2. The number of rotatable bonds is 14. The van der Waals surface area contributed by atoms with Crippen LogP contribution in [0.4, 0.5) is 51.7 Å². The molecule has 9 aromatic rings. The van der Waals surface area contributed by atoms with E-state index in [-0.39, 0.29) is 78.7 Å². The number of halogens is 2. The van der Waals surface area contributed by atoms with Crippen LogP contribution in [0, 0.1) is 56.1 Å². The Balaban J connectivity index is 0.000000148. The third kappa shape index (κ3) is 20.7. The van der Waals surface area contributed by atoms with E-state index in [0.717, 1.165) is 174 Å². The van der Waals surface area contributed by atoms with Crippen molar-refractivity contribution in [3.05, 3.63) is 237 Å². The van der Waals surface area contributed by atoms with Gasteiger partial charge in [-0.1, -0.05) is 91.6 Å². The number of benzene rings is 7. The number of non-ortho nitro benzene ring substituents is 2. The van der Waals surface area contributed by atoms with Gasteiger partial charge < -0.3 is 37.7 Å². The summed E-state index contributed by atoms with van der Waals surface area (Å²) in [7, 11) is 0. The van der Waals surface area contributed by atoms with Crippen LogP contribution in [0.25, 0.3) is 22.1 Å². The Labute approximate surface area is 651 Å². The maximum atomic E-state index is 11.8. The highest BCUT2D eigenvalue weighted by molar-refractivity contribution is 9.09. The Morgan fingerprint density at radius 1 is 0.427 bits per heavy atom. The Kier molecular flexibility index (Phi) is 28.4. The number of nitro groups is 4. The summed E-state index contributed by atoms with van der Waals surface area (Å²) in [5.74, 6) is -0.635. The molecule has 6 aliphatic heterocycles. The van der Waals surface area contributed by atoms with Crippen molar-refractivity contribution < 1.29 is 43.7 Å². The number of carbonyl (C=O) groups is 2. The van der Waals surface area contributed by atoms with Crippen LogP contribution in [0.1, 0.15) is 133 Å². The number of nitrogens with zero attached hydrogens (tertiary/aromatic N) is 16. The molecule has 0 bridgehead atoms. The minimum Gasteiger partial charge on any atom is -0.739 e. The zero-order valence-electron chi connectivity index (χ0n) is 62.4. The van der Waals surface area contributed by atoms with Gasteiger partial charge in [-0.2, -0.15) is 0 Å². The Bertz CT molecular complexity index is 4960. The Morgan fingerprint density at radius 3 is 1.27 bits per heavy atom. The first-order chi connectivity index (χ1) is 52.5. The van der Waals surface area contributed by atoms with Gasteiger partial charge in [-0.15, -0.1) is 0 Å². The number of fused-ring (bicyclic) bond motifs is 8. The zero-order chi connectivity index (χ0) is 79.9. The highest BCUT2D eigenvalue weighted by Gasteiger charge is 2.29. The zero-order valence-corrected chi connectivity index (χ0v) is 65.6. The van der Waals surface area contributed by atoms with Crippen LogP contribution in [-0.4, -0.2) is 115 Å². The minimum absolute atomic E-state index is 0.0118. The first kappa shape index (κ1) is 83.2. The van der Waals surface area contributed by atoms with E-state index in [1.807, 2.05) is 24.3 Å². The topological polar surface area (TPSA) is 448 Å². The molecule has 2 aromatic heterocycles. The van der Waals surface area contributed by atoms with Crippen LogP contribution >= 0.6 is 31.9 Å². The van der Waals surface area contributed by atoms with Crippen molar-refractivity contribution in [3.8, 4) is 0 Å². The van der Waals surface area contributed by atoms with Gasteiger partial charge in [0.05, 0.1) is 24.8 Å². The fraction of sp³-hybridized carbons (Fsp3) is 0.378. The normalized spacial score (nSPS) is 14.5. The number of aromatic nitrogens is 6. The van der Waals surface area contributed by atoms with Gasteiger partial charge in [0, 0.05) is 162 Å². The lowest BCUT2D eigenvalue weighted by Crippen LogP contribution is -2.44. The first-order valence-electron chi connectivity index (χ1n) is 35.6. The second-order valence-electron chi connectivity index (χ2n) is 26.8. The molecule has 7 aromatic carbocycles. The molecule has 8 heterocycles. The summed E-state index contributed by atoms with van der Waals surface area (Å²) in [4.78, 5) is 81.7. The average molecular weight is 1640 g/mol. The summed E-state index contributed by atoms with van der Waals surface area (Å²) in [5.41, 5.74) is 35.6. The molecule has 0 aliphatic carbocycles. The summed E-state index contributed by atoms with van der Waals surface area (Å²) in [5, 5.41) is 91.4. The number of hydrogen-bond acceptors (Lipinski definition) is 25. The Hall–Kier alpha value is -10.9. The Morgan fingerprint density at radius 2 is 0.809 bits per heavy atom. The van der Waals surface area contributed by atoms with E-state index in [2.05, 4.69) is 141 Å². The van der Waals surface area contributed by atoms with Crippen molar-refractivity contribution in [3.63, 3.8) is 0 Å². The number of nitrogen functional groups attached to an aromatic ring is 3. The minimum atomic E-state index is -0.458. The van der Waals surface area contributed by atoms with Gasteiger partial charge >= 0.3 is 5.95 Å². The molecule has 0 fully saturated rings. The highest BCUT2D eigenvalue weighted by atomic mass is 79.9. The molecular formula is C74H89Br2N21O13. The van der Waals surface area contributed by atoms with E-state index >= 15 is 0 Å². The lowest BCUT2D eigenvalue weighted by Gasteiger charge is -2.09. The van der Waals surface area contributed by atoms with Crippen LogP contribution in [0.15, 0.2) is 103 Å². The number of hydrogen-bond donors (Lipinski definition) is 5. The number of nitrogens with two attached hydrogens (primary N) is 3. The van der Waals surface area contributed by atoms with Crippen LogP contribution in [0.3, 0.4) is 0 Å². The van der Waals surface area contributed by atoms with E-state index in [4.69, 9.17) is 17.2 Å². The molecule has 0 unspecified atom stereocenters. The van der Waals surface area contributed by atoms with Crippen molar-refractivity contribution >= 4 is 117 Å². The summed E-state index contributed by atoms with van der Waals surface area (Å²) in [6.45, 7) is 31.6. The van der Waals surface area contributed by atoms with E-state index in [9.17, 15) is 65.7 Å². The van der Waals surface area contributed by atoms with Gasteiger partial charge in [-0.3, -0.25) is 85.2 Å². The highest BCUT2D eigenvalue weighted by Crippen LogP contribution is 2.36. The molecule has 6 aliphatic rings. The van der Waals surface area contributed by atoms with Crippen molar-refractivity contribution in [1.29, 1.82) is 0 Å². The van der Waals surface area contributed by atoms with Crippen LogP contribution < -0.4 is 42.3 Å². The van der Waals surface area contributed by atoms with Gasteiger partial charge in [-0.25, -0.2) is 9.71 Å². The summed E-state index contributed by atoms with van der Waals surface area (Å²) >= 11 is 6.61. The second-order valence-corrected chi connectivity index (χ2v) is 27.9. The number of nitrogens with one attached hydrogen (secondary N) is 2. The van der Waals surface area contributed by atoms with Crippen molar-refractivity contribution in [1.82, 2.24) is 44.6 Å². The van der Waals surface area contributed by atoms with Gasteiger partial charge in [0.2, 0.25) is 16.9 Å². The SMILES string of the molecule is CCN1Cc2cc(N)c([N+](=O)[O-])cc2C1.CCN1Cc2cc(NC(C)=O)c([N+](=O)[O-])cc2C1.CCN1Cc2cc3c(cc2C1)[n+]([O-])c(N)n[n+]3[O-].CCN1Cc2cc3nc(N)n[n+]([O-])c3cc2C1.CCN1Cc2ccc(NC(C)=O)cc2C1.CCN1Cc2ccc([N+](=O)[O-])cc2C1.O=[N+]([O-])c1ccc(CBr)c(CBr)c1. The quantitative estimate of drug-likeness (QED) is 0.0169. The molecule has 2 amide bonds. The molecule has 8 N–H and O–H groups in total. The molecule has 0 spiro atoms. The van der Waals surface area contributed by atoms with Crippen LogP contribution in [0.5, 0.6) is 0 Å². The van der Waals surface area contributed by atoms with Crippen molar-refractivity contribution in [2.45, 2.75) is 145 Å². The van der Waals surface area contributed by atoms with Crippen LogP contribution in [-0.2, 0) is 98.8 Å². The third-order valence-electron chi connectivity index (χ3n) is 19.5. The average Bonchev–Trinajstić information content (AvgIpc) is 1.41. The summed E-state index contributed by atoms with van der Waals surface area (Å²) in [6.07, 6.45) is 0. The van der Waals surface area contributed by atoms with E-state index in [0.29, 0.717) is 36.1 Å². The van der Waals surface area contributed by atoms with E-state index < -0.39 is 9.85 Å². The summed E-state index contributed by atoms with van der Waals surface area (Å²) < 4.78 is 0.499. The largest absolute Gasteiger partial charge is 0.739 e. The lowest BCUT2D eigenvalue weighted by molar-refractivity contribution is -0.672. The predicted molar refractivity (Wildman–Crippen MR) is 423 cm³/mol. The van der Waals surface area contributed by atoms with Gasteiger partial charge in [0.15, 0.2) is 5.52 Å². The fourth-order valence-electron chi connectivity index (χ4n) is 13.4. The molecule has 0 saturated heterocycles. The number of nitro benzene ring substituents is 4. The molecule has 0 saturated carbocycles. The summed E-state index contributed by atoms with van der Waals surface area (Å²) in [6, 6.07) is 30.0. The number of anilines is 5. The molecule has 110 heavy (non-hydrogen) atoms. The fourth-order valence-corrected chi connectivity index (χ4v) is 14.5. The monoisotopic (exact) mass is 1640 g/mol. The first-order valence-corrected chi connectivity index (χ1v) is 37.9. The molecule has 36 heteroatoms. The van der Waals surface area contributed by atoms with Crippen LogP contribution in [0.2, 0.25) is 0 Å². The van der Waals surface area contributed by atoms with E-state index in [1.165, 1.54) is 47.7 Å². The van der Waals surface area contributed by atoms with Crippen molar-refractivity contribution in [2.75, 3.05) is 67.1 Å². The molecule has 34 nitrogen and oxygen atoms in total. The smallest absolute Gasteiger partial charge is 0.458 e. The standard InChI is InChI=1S/C12H15N3O3.C12H16N2O.C11H13N5O2.C11H13N5O.C10H13N3O2.C10H12N2O2.C8H7Br2NO2/c1-3-14-6-9-4-11(13-8(2)16)12(15(17)18)5-10(9)7-14;1-3-14-7-10-4-5-12(13-9(2)15)6-11(10)8-14;1-2-14-5-7-3-9-10(4-8(7)6-14)16(18)13-11(12)15(9)17;1-2-15-5-7-3-9-10(4-8(7)6-15)16(17)14-11(12)13-9;1-2-12-5-7-3-9(11)10(13(14)15)4-8(7)6-12;1-2-11-6-8-3-4-10(12(13)14)5-9(8)7-11;9-4-6-1-2-8(11(12)13)3-7(6)5-10/h4-5H,3,6-7H2,1-2H3,(H,13,16);4-6H,3,7-8H2,1-2H3,(H,13,15);3-4H,2,5-6H2,1H3,(H2,12,13);3-4H,2,5-6H2,1H3,(H2,12,13,14);3-4H,2,5-6,11H2,1H3;3-5H,2,6-7H2,1H3;1-3H,4-5H2. The van der Waals surface area contributed by atoms with Gasteiger partial charge in [0.1, 0.15) is 16.9 Å². The number of carbonyl (C=O) groups excluding carboxylic acids is 2. The van der Waals surface area contributed by atoms with Crippen molar-refractivity contribution in [2.24, 2.45) is 0 Å². The molecule has 582 valence electrons. The number of amides is 2. The maximum Gasteiger partial charge on any atom is 0.458 e. The van der Waals surface area contributed by atoms with Gasteiger partial charge in [-0.05, 0) is 158 Å². The molecular weight excluding hydrogens is 1550 g/mol.